The van der Waals surface area contributed by atoms with Crippen LogP contribution < -0.4 is 10.6 Å². The van der Waals surface area contributed by atoms with Gasteiger partial charge < -0.3 is 16.0 Å². The maximum absolute atomic E-state index is 7.17. The lowest BCUT2D eigenvalue weighted by atomic mass is 10.1. The van der Waals surface area contributed by atoms with E-state index in [-0.39, 0.29) is 0 Å². The zero-order valence-electron chi connectivity index (χ0n) is 7.31. The minimum Gasteiger partial charge on any atom is -0.388 e. The average molecular weight is 163 g/mol. The van der Waals surface area contributed by atoms with E-state index < -0.39 is 0 Å². The molecule has 0 heterocycles. The molecule has 3 N–H and O–H groups in total. The second-order valence-electron chi connectivity index (χ2n) is 2.45. The molecule has 0 aromatic heterocycles. The summed E-state index contributed by atoms with van der Waals surface area (Å²) in [7, 11) is 3.71. The van der Waals surface area contributed by atoms with E-state index in [0.717, 1.165) is 16.9 Å². The molecule has 0 radical (unpaired) electrons. The van der Waals surface area contributed by atoms with Gasteiger partial charge in [-0.3, -0.25) is 0 Å². The number of hydrogen-bond donors (Lipinski definition) is 3. The SMILES string of the molecule is CNc1ccc(NC)c(C=N)c1. The molecule has 1 aromatic rings. The van der Waals surface area contributed by atoms with Crippen molar-refractivity contribution in [2.24, 2.45) is 0 Å². The molecule has 3 heteroatoms. The number of rotatable bonds is 3. The second-order valence-corrected chi connectivity index (χ2v) is 2.45. The van der Waals surface area contributed by atoms with E-state index in [2.05, 4.69) is 10.6 Å². The number of nitrogens with one attached hydrogen (secondary N) is 3. The number of benzene rings is 1. The molecule has 1 rings (SSSR count). The average Bonchev–Trinajstić information content (AvgIpc) is 2.16. The van der Waals surface area contributed by atoms with Crippen molar-refractivity contribution < 1.29 is 0 Å². The molecular weight excluding hydrogens is 150 g/mol. The molecule has 0 aliphatic rings. The summed E-state index contributed by atoms with van der Waals surface area (Å²) in [6.07, 6.45) is 1.34. The monoisotopic (exact) mass is 163 g/mol. The molecular formula is C9H13N3. The van der Waals surface area contributed by atoms with Gasteiger partial charge in [-0.05, 0) is 18.2 Å². The minimum atomic E-state index is 0.893. The van der Waals surface area contributed by atoms with Gasteiger partial charge in [0.1, 0.15) is 0 Å². The van der Waals surface area contributed by atoms with Gasteiger partial charge in [-0.25, -0.2) is 0 Å². The van der Waals surface area contributed by atoms with Gasteiger partial charge in [0, 0.05) is 37.2 Å². The third-order valence-electron chi connectivity index (χ3n) is 1.77. The fourth-order valence-corrected chi connectivity index (χ4v) is 1.07. The van der Waals surface area contributed by atoms with Crippen LogP contribution in [0.4, 0.5) is 11.4 Å². The normalized spacial score (nSPS) is 9.17. The van der Waals surface area contributed by atoms with Crippen molar-refractivity contribution in [3.63, 3.8) is 0 Å². The Morgan fingerprint density at radius 1 is 1.25 bits per heavy atom. The fourth-order valence-electron chi connectivity index (χ4n) is 1.07. The highest BCUT2D eigenvalue weighted by molar-refractivity contribution is 5.87. The molecule has 0 saturated carbocycles. The zero-order valence-corrected chi connectivity index (χ0v) is 7.31. The van der Waals surface area contributed by atoms with Crippen molar-refractivity contribution in [2.45, 2.75) is 0 Å². The van der Waals surface area contributed by atoms with Gasteiger partial charge in [0.15, 0.2) is 0 Å². The molecule has 0 fully saturated rings. The summed E-state index contributed by atoms with van der Waals surface area (Å²) in [5.74, 6) is 0. The summed E-state index contributed by atoms with van der Waals surface area (Å²) in [5, 5.41) is 13.2. The smallest absolute Gasteiger partial charge is 0.0428 e. The van der Waals surface area contributed by atoms with Crippen molar-refractivity contribution in [1.82, 2.24) is 0 Å². The molecule has 12 heavy (non-hydrogen) atoms. The largest absolute Gasteiger partial charge is 0.388 e. The van der Waals surface area contributed by atoms with E-state index >= 15 is 0 Å². The maximum atomic E-state index is 7.17. The predicted octanol–water partition coefficient (Wildman–Crippen LogP) is 1.77. The Labute approximate surface area is 72.3 Å². The van der Waals surface area contributed by atoms with E-state index in [0.29, 0.717) is 0 Å². The first-order valence-electron chi connectivity index (χ1n) is 3.82. The maximum Gasteiger partial charge on any atom is 0.0428 e. The van der Waals surface area contributed by atoms with Gasteiger partial charge in [0.25, 0.3) is 0 Å². The third kappa shape index (κ3) is 1.56. The quantitative estimate of drug-likeness (QED) is 0.595. The highest BCUT2D eigenvalue weighted by Crippen LogP contribution is 2.17. The Hall–Kier alpha value is -1.51. The van der Waals surface area contributed by atoms with E-state index in [4.69, 9.17) is 5.41 Å². The van der Waals surface area contributed by atoms with E-state index in [9.17, 15) is 0 Å². The van der Waals surface area contributed by atoms with Crippen LogP contribution in [0, 0.1) is 5.41 Å². The van der Waals surface area contributed by atoms with E-state index in [1.54, 1.807) is 0 Å². The molecule has 64 valence electrons. The van der Waals surface area contributed by atoms with Crippen LogP contribution in [-0.4, -0.2) is 20.3 Å². The molecule has 0 bridgehead atoms. The number of anilines is 2. The summed E-state index contributed by atoms with van der Waals surface area (Å²) in [6, 6.07) is 5.85. The summed E-state index contributed by atoms with van der Waals surface area (Å²) in [5.41, 5.74) is 2.89. The Morgan fingerprint density at radius 3 is 2.50 bits per heavy atom. The molecule has 3 nitrogen and oxygen atoms in total. The summed E-state index contributed by atoms with van der Waals surface area (Å²) in [6.45, 7) is 0. The van der Waals surface area contributed by atoms with Crippen LogP contribution in [0.25, 0.3) is 0 Å². The van der Waals surface area contributed by atoms with Crippen molar-refractivity contribution in [3.8, 4) is 0 Å². The molecule has 0 amide bonds. The molecule has 0 unspecified atom stereocenters. The Balaban J connectivity index is 3.10. The molecule has 0 aliphatic heterocycles. The minimum absolute atomic E-state index is 0.893. The van der Waals surface area contributed by atoms with Gasteiger partial charge in [-0.15, -0.1) is 0 Å². The van der Waals surface area contributed by atoms with Gasteiger partial charge in [0.2, 0.25) is 0 Å². The molecule has 0 aliphatic carbocycles. The Morgan fingerprint density at radius 2 is 2.00 bits per heavy atom. The zero-order chi connectivity index (χ0) is 8.97. The Kier molecular flexibility index (Phi) is 2.69. The van der Waals surface area contributed by atoms with E-state index in [1.165, 1.54) is 6.21 Å². The molecule has 0 atom stereocenters. The lowest BCUT2D eigenvalue weighted by Crippen LogP contribution is -1.96. The van der Waals surface area contributed by atoms with Crippen LogP contribution in [0.1, 0.15) is 5.56 Å². The number of hydrogen-bond acceptors (Lipinski definition) is 3. The van der Waals surface area contributed by atoms with Crippen LogP contribution in [0.3, 0.4) is 0 Å². The van der Waals surface area contributed by atoms with Crippen molar-refractivity contribution in [3.05, 3.63) is 23.8 Å². The lowest BCUT2D eigenvalue weighted by molar-refractivity contribution is 1.45. The third-order valence-corrected chi connectivity index (χ3v) is 1.77. The highest BCUT2D eigenvalue weighted by Gasteiger charge is 1.97. The summed E-state index contributed by atoms with van der Waals surface area (Å²) < 4.78 is 0. The summed E-state index contributed by atoms with van der Waals surface area (Å²) >= 11 is 0. The van der Waals surface area contributed by atoms with Crippen molar-refractivity contribution in [2.75, 3.05) is 24.7 Å². The Bertz CT molecular complexity index is 281. The molecule has 1 aromatic carbocycles. The van der Waals surface area contributed by atoms with Crippen LogP contribution in [0.5, 0.6) is 0 Å². The standard InChI is InChI=1S/C9H13N3/c1-11-8-3-4-9(12-2)7(5-8)6-10/h3-6,10-12H,1-2H3. The van der Waals surface area contributed by atoms with Gasteiger partial charge >= 0.3 is 0 Å². The van der Waals surface area contributed by atoms with Gasteiger partial charge in [-0.2, -0.15) is 0 Å². The molecule has 0 saturated heterocycles. The van der Waals surface area contributed by atoms with Crippen LogP contribution in [0.2, 0.25) is 0 Å². The topological polar surface area (TPSA) is 47.9 Å². The van der Waals surface area contributed by atoms with Crippen molar-refractivity contribution in [1.29, 1.82) is 5.41 Å². The first kappa shape index (κ1) is 8.59. The van der Waals surface area contributed by atoms with Crippen LogP contribution in [-0.2, 0) is 0 Å². The fraction of sp³-hybridized carbons (Fsp3) is 0.222. The van der Waals surface area contributed by atoms with Gasteiger partial charge in [0.05, 0.1) is 0 Å². The van der Waals surface area contributed by atoms with Crippen LogP contribution >= 0.6 is 0 Å². The molecule has 0 spiro atoms. The second kappa shape index (κ2) is 3.76. The lowest BCUT2D eigenvalue weighted by Gasteiger charge is -2.06. The first-order chi connectivity index (χ1) is 5.81. The van der Waals surface area contributed by atoms with Gasteiger partial charge in [-0.1, -0.05) is 0 Å². The highest BCUT2D eigenvalue weighted by atomic mass is 14.8. The predicted molar refractivity (Wildman–Crippen MR) is 53.4 cm³/mol. The van der Waals surface area contributed by atoms with Crippen LogP contribution in [0.15, 0.2) is 18.2 Å². The summed E-state index contributed by atoms with van der Waals surface area (Å²) in [4.78, 5) is 0. The first-order valence-corrected chi connectivity index (χ1v) is 3.82. The van der Waals surface area contributed by atoms with E-state index in [1.807, 2.05) is 32.3 Å². The van der Waals surface area contributed by atoms with Crippen molar-refractivity contribution >= 4 is 17.6 Å².